The highest BCUT2D eigenvalue weighted by atomic mass is 32.2. The molecule has 5 rings (SSSR count). The first-order chi connectivity index (χ1) is 15.8. The number of fused-ring (bicyclic) bond motifs is 1. The summed E-state index contributed by atoms with van der Waals surface area (Å²) >= 11 is 2.28. The topological polar surface area (TPSA) is 104 Å². The van der Waals surface area contributed by atoms with Crippen LogP contribution in [-0.2, 0) is 0 Å². The number of pyridine rings is 1. The van der Waals surface area contributed by atoms with Crippen LogP contribution in [0.5, 0.6) is 0 Å². The molecule has 10 heteroatoms. The van der Waals surface area contributed by atoms with Crippen LogP contribution in [0.15, 0.2) is 23.4 Å². The van der Waals surface area contributed by atoms with Crippen molar-refractivity contribution in [3.8, 4) is 6.07 Å². The normalized spacial score (nSPS) is 20.8. The number of thioether (sulfide) groups is 1. The molecule has 3 aliphatic rings. The maximum atomic E-state index is 15.8. The number of hydrogen-bond donors (Lipinski definition) is 3. The van der Waals surface area contributed by atoms with Gasteiger partial charge in [0.2, 0.25) is 0 Å². The molecule has 2 fully saturated rings. The van der Waals surface area contributed by atoms with Crippen molar-refractivity contribution in [2.75, 3.05) is 20.1 Å². The lowest BCUT2D eigenvalue weighted by atomic mass is 10.00. The predicted molar refractivity (Wildman–Crippen MR) is 131 cm³/mol. The molecule has 3 heterocycles. The number of rotatable bonds is 6. The highest BCUT2D eigenvalue weighted by Gasteiger charge is 2.48. The van der Waals surface area contributed by atoms with Crippen LogP contribution in [-0.4, -0.2) is 50.0 Å². The van der Waals surface area contributed by atoms with Gasteiger partial charge >= 0.3 is 0 Å². The molecule has 0 amide bonds. The number of imidazole rings is 1. The quantitative estimate of drug-likeness (QED) is 0.313. The minimum absolute atomic E-state index is 0.0321. The minimum atomic E-state index is -0.738. The maximum Gasteiger partial charge on any atom is 0.150 e. The summed E-state index contributed by atoms with van der Waals surface area (Å²) in [5.41, 5.74) is 1.70. The third-order valence-electron chi connectivity index (χ3n) is 6.68. The summed E-state index contributed by atoms with van der Waals surface area (Å²) in [6.45, 7) is 3.72. The summed E-state index contributed by atoms with van der Waals surface area (Å²) in [6.07, 6.45) is 9.52. The summed E-state index contributed by atoms with van der Waals surface area (Å²) < 4.78 is 21.0. The summed E-state index contributed by atoms with van der Waals surface area (Å²) in [5, 5.41) is 26.7. The molecule has 33 heavy (non-hydrogen) atoms. The Labute approximate surface area is 201 Å². The third-order valence-corrected chi connectivity index (χ3v) is 8.79. The summed E-state index contributed by atoms with van der Waals surface area (Å²) in [5.74, 6) is -0.287. The van der Waals surface area contributed by atoms with Gasteiger partial charge in [0.1, 0.15) is 16.1 Å². The number of nitrogens with one attached hydrogen (secondary N) is 3. The van der Waals surface area contributed by atoms with E-state index in [1.54, 1.807) is 16.8 Å². The predicted octanol–water partition coefficient (Wildman–Crippen LogP) is 4.68. The Balaban J connectivity index is 1.54. The number of likely N-dealkylation sites (N-methyl/N-ethyl adjacent to an activating group) is 1. The van der Waals surface area contributed by atoms with Crippen LogP contribution in [0.3, 0.4) is 0 Å². The Morgan fingerprint density at radius 2 is 2.06 bits per heavy atom. The van der Waals surface area contributed by atoms with Gasteiger partial charge in [-0.05, 0) is 63.6 Å². The Hall–Kier alpha value is -2.19. The molecule has 0 atom stereocenters. The van der Waals surface area contributed by atoms with Crippen molar-refractivity contribution in [1.82, 2.24) is 19.0 Å². The van der Waals surface area contributed by atoms with Gasteiger partial charge in [-0.2, -0.15) is 5.26 Å². The maximum absolute atomic E-state index is 15.8. The summed E-state index contributed by atoms with van der Waals surface area (Å²) in [7, 11) is 2.04. The van der Waals surface area contributed by atoms with Crippen molar-refractivity contribution in [2.24, 2.45) is 5.41 Å². The minimum Gasteiger partial charge on any atom is -0.302 e. The second-order valence-electron chi connectivity index (χ2n) is 9.48. The van der Waals surface area contributed by atoms with Crippen LogP contribution in [0.25, 0.3) is 11.2 Å². The largest absolute Gasteiger partial charge is 0.302 e. The van der Waals surface area contributed by atoms with Gasteiger partial charge in [0, 0.05) is 24.8 Å². The van der Waals surface area contributed by atoms with E-state index in [0.717, 1.165) is 49.7 Å². The molecule has 2 aromatic rings. The molecule has 172 valence electrons. The van der Waals surface area contributed by atoms with Crippen molar-refractivity contribution >= 4 is 45.0 Å². The first kappa shape index (κ1) is 22.6. The van der Waals surface area contributed by atoms with E-state index in [2.05, 4.69) is 33.7 Å². The Kier molecular flexibility index (Phi) is 5.64. The molecule has 3 N–H and O–H groups in total. The van der Waals surface area contributed by atoms with Crippen LogP contribution in [0.4, 0.5) is 4.39 Å². The molecule has 7 nitrogen and oxygen atoms in total. The van der Waals surface area contributed by atoms with E-state index in [9.17, 15) is 5.26 Å². The lowest BCUT2D eigenvalue weighted by Gasteiger charge is -2.23. The van der Waals surface area contributed by atoms with E-state index in [-0.39, 0.29) is 21.4 Å². The van der Waals surface area contributed by atoms with Crippen LogP contribution < -0.4 is 4.72 Å². The van der Waals surface area contributed by atoms with E-state index in [1.165, 1.54) is 11.9 Å². The monoisotopic (exact) mass is 483 g/mol. The number of halogens is 1. The average molecular weight is 484 g/mol. The van der Waals surface area contributed by atoms with Crippen molar-refractivity contribution in [2.45, 2.75) is 49.5 Å². The molecule has 1 aliphatic heterocycles. The van der Waals surface area contributed by atoms with Crippen LogP contribution in [0, 0.1) is 33.4 Å². The molecule has 0 bridgehead atoms. The molecular weight excluding hydrogens is 457 g/mol. The standard InChI is InChI=1S/C23H26FN7S2/c1-22(5-6-22)29-33-16-12-31-15(19(26)32-21(27)23(13-25)7-8-23)11-28-20(31)17(18(16)24)14-3-9-30(2)10-4-14/h3,11-12,26-27,29H,4-10H2,1-2H3. The highest BCUT2D eigenvalue weighted by molar-refractivity contribution is 8.26. The van der Waals surface area contributed by atoms with Crippen LogP contribution in [0.2, 0.25) is 0 Å². The summed E-state index contributed by atoms with van der Waals surface area (Å²) in [6, 6.07) is 2.21. The van der Waals surface area contributed by atoms with Gasteiger partial charge in [0.05, 0.1) is 33.5 Å². The van der Waals surface area contributed by atoms with Gasteiger partial charge in [-0.3, -0.25) is 19.9 Å². The number of nitriles is 1. The molecular formula is C23H26FN7S2. The zero-order valence-electron chi connectivity index (χ0n) is 18.7. The van der Waals surface area contributed by atoms with E-state index in [4.69, 9.17) is 10.8 Å². The highest BCUT2D eigenvalue weighted by Crippen LogP contribution is 2.49. The Morgan fingerprint density at radius 1 is 1.30 bits per heavy atom. The lowest BCUT2D eigenvalue weighted by molar-refractivity contribution is 0.369. The van der Waals surface area contributed by atoms with Crippen LogP contribution >= 0.6 is 23.7 Å². The van der Waals surface area contributed by atoms with Gasteiger partial charge in [-0.1, -0.05) is 17.8 Å². The van der Waals surface area contributed by atoms with Gasteiger partial charge in [0.15, 0.2) is 5.82 Å². The molecule has 0 aromatic carbocycles. The smallest absolute Gasteiger partial charge is 0.150 e. The van der Waals surface area contributed by atoms with Gasteiger partial charge in [-0.25, -0.2) is 9.37 Å². The van der Waals surface area contributed by atoms with Crippen molar-refractivity contribution in [3.63, 3.8) is 0 Å². The molecule has 2 aliphatic carbocycles. The zero-order valence-corrected chi connectivity index (χ0v) is 20.3. The first-order valence-electron chi connectivity index (χ1n) is 11.0. The lowest BCUT2D eigenvalue weighted by Crippen LogP contribution is -2.24. The van der Waals surface area contributed by atoms with Crippen molar-refractivity contribution in [3.05, 3.63) is 35.5 Å². The second kappa shape index (κ2) is 8.24. The van der Waals surface area contributed by atoms with E-state index < -0.39 is 5.41 Å². The molecule has 2 aromatic heterocycles. The third kappa shape index (κ3) is 4.23. The first-order valence-corrected chi connectivity index (χ1v) is 12.7. The number of nitrogens with zero attached hydrogens (tertiary/aromatic N) is 4. The molecule has 0 unspecified atom stereocenters. The van der Waals surface area contributed by atoms with Crippen molar-refractivity contribution < 1.29 is 4.39 Å². The Bertz CT molecular complexity index is 1230. The molecule has 0 radical (unpaired) electrons. The van der Waals surface area contributed by atoms with E-state index in [1.807, 2.05) is 7.05 Å². The second-order valence-corrected chi connectivity index (χ2v) is 11.3. The molecule has 0 saturated heterocycles. The van der Waals surface area contributed by atoms with Gasteiger partial charge in [0.25, 0.3) is 0 Å². The van der Waals surface area contributed by atoms with Gasteiger partial charge in [-0.15, -0.1) is 0 Å². The molecule has 0 spiro atoms. The fraction of sp³-hybridized carbons (Fsp3) is 0.478. The van der Waals surface area contributed by atoms with Gasteiger partial charge < -0.3 is 4.90 Å². The van der Waals surface area contributed by atoms with Crippen LogP contribution in [0.1, 0.15) is 50.3 Å². The number of hydrogen-bond acceptors (Lipinski definition) is 8. The fourth-order valence-corrected chi connectivity index (χ4v) is 5.64. The SMILES string of the molecule is CN1CC=C(c2c(F)c(SNC3(C)CC3)cn3c(C(=N)SC(=N)C4(C#N)CC4)cnc23)CC1. The molecule has 2 saturated carbocycles. The number of aromatic nitrogens is 2. The average Bonchev–Trinajstić information content (AvgIpc) is 3.71. The van der Waals surface area contributed by atoms with Crippen molar-refractivity contribution in [1.29, 1.82) is 16.1 Å². The van der Waals surface area contributed by atoms with E-state index in [0.29, 0.717) is 34.6 Å². The summed E-state index contributed by atoms with van der Waals surface area (Å²) in [4.78, 5) is 7.16. The van der Waals surface area contributed by atoms with E-state index >= 15 is 4.39 Å². The Morgan fingerprint density at radius 3 is 2.67 bits per heavy atom. The fourth-order valence-electron chi connectivity index (χ4n) is 3.83. The zero-order chi connectivity index (χ0) is 23.4.